The number of hydrogen-bond acceptors (Lipinski definition) is 6. The van der Waals surface area contributed by atoms with Gasteiger partial charge in [-0.25, -0.2) is 4.79 Å². The van der Waals surface area contributed by atoms with Gasteiger partial charge < -0.3 is 34.2 Å². The fourth-order valence-corrected chi connectivity index (χ4v) is 7.64. The molecule has 3 amide bonds. The summed E-state index contributed by atoms with van der Waals surface area (Å²) in [6.07, 6.45) is 0.928. The van der Waals surface area contributed by atoms with Gasteiger partial charge in [0.25, 0.3) is 11.8 Å². The van der Waals surface area contributed by atoms with E-state index in [1.165, 1.54) is 5.56 Å². The van der Waals surface area contributed by atoms with Crippen molar-refractivity contribution in [1.29, 1.82) is 0 Å². The molecule has 2 aliphatic heterocycles. The number of likely N-dealkylation sites (N-methyl/N-ethyl adjacent to an activating group) is 1. The van der Waals surface area contributed by atoms with Crippen LogP contribution in [0.1, 0.15) is 55.6 Å². The average Bonchev–Trinajstić information content (AvgIpc) is 3.49. The molecule has 0 fully saturated rings. The van der Waals surface area contributed by atoms with Crippen molar-refractivity contribution < 1.29 is 19.1 Å². The maximum atomic E-state index is 14.9. The summed E-state index contributed by atoms with van der Waals surface area (Å²) in [6, 6.07) is 31.3. The second-order valence-corrected chi connectivity index (χ2v) is 15.0. The van der Waals surface area contributed by atoms with Crippen LogP contribution in [0, 0.1) is 6.92 Å². The summed E-state index contributed by atoms with van der Waals surface area (Å²) >= 11 is 0. The van der Waals surface area contributed by atoms with E-state index in [0.29, 0.717) is 42.9 Å². The second kappa shape index (κ2) is 15.8. The summed E-state index contributed by atoms with van der Waals surface area (Å²) in [5, 5.41) is 3.38. The Kier molecular flexibility index (Phi) is 10.8. The van der Waals surface area contributed by atoms with Crippen LogP contribution in [-0.2, 0) is 33.0 Å². The normalized spacial score (nSPS) is 15.0. The second-order valence-electron chi connectivity index (χ2n) is 15.0. The van der Waals surface area contributed by atoms with Crippen LogP contribution in [0.4, 0.5) is 16.2 Å². The first kappa shape index (κ1) is 37.4. The van der Waals surface area contributed by atoms with Gasteiger partial charge in [0, 0.05) is 92.8 Å². The largest absolute Gasteiger partial charge is 0.415 e. The third-order valence-electron chi connectivity index (χ3n) is 11.0. The number of para-hydroxylation sites is 1. The number of carbonyl (C=O) groups excluding carboxylic acids is 3. The number of carbonyl (C=O) groups is 3. The molecule has 5 aromatic rings. The van der Waals surface area contributed by atoms with E-state index < -0.39 is 6.09 Å². The van der Waals surface area contributed by atoms with E-state index in [4.69, 9.17) is 4.74 Å². The first-order chi connectivity index (χ1) is 26.5. The number of amides is 3. The third kappa shape index (κ3) is 7.86. The molecule has 0 spiro atoms. The summed E-state index contributed by atoms with van der Waals surface area (Å²) < 4.78 is 7.89. The maximum absolute atomic E-state index is 14.9. The number of fused-ring (bicyclic) bond motifs is 2. The van der Waals surface area contributed by atoms with Gasteiger partial charge in [0.05, 0.1) is 5.56 Å². The predicted octanol–water partition coefficient (Wildman–Crippen LogP) is 7.39. The first-order valence-electron chi connectivity index (χ1n) is 19.0. The standard InChI is InChI=1S/C45H50N6O4/c1-30-23-32-13-10-11-14-34(32)29-51(30)44(53)41-25-35-28-50(45(54)55-38-18-12-15-36(26-38)46-20-22-47(3)4)21-19-33(35)24-40(41)42-27-39(31(2)48(42)5)43(52)49(6)37-16-8-7-9-17-37/h7-18,24-27,30,46H,19-23,28-29H2,1-6H3/t30-/m1/s1. The van der Waals surface area contributed by atoms with Crippen LogP contribution in [0.25, 0.3) is 11.3 Å². The van der Waals surface area contributed by atoms with Gasteiger partial charge in [0.1, 0.15) is 5.75 Å². The molecule has 0 radical (unpaired) electrons. The molecule has 0 unspecified atom stereocenters. The molecule has 7 rings (SSSR count). The molecule has 0 saturated heterocycles. The number of benzene rings is 4. The van der Waals surface area contributed by atoms with Crippen molar-refractivity contribution in [2.24, 2.45) is 7.05 Å². The lowest BCUT2D eigenvalue weighted by molar-refractivity contribution is 0.0658. The molecule has 55 heavy (non-hydrogen) atoms. The van der Waals surface area contributed by atoms with Gasteiger partial charge in [-0.1, -0.05) is 48.5 Å². The molecule has 4 aromatic carbocycles. The van der Waals surface area contributed by atoms with E-state index in [2.05, 4.69) is 35.3 Å². The highest BCUT2D eigenvalue weighted by Gasteiger charge is 2.32. The molecule has 2 aliphatic rings. The van der Waals surface area contributed by atoms with E-state index in [1.54, 1.807) is 22.9 Å². The molecule has 0 saturated carbocycles. The minimum absolute atomic E-state index is 0.0160. The van der Waals surface area contributed by atoms with Crippen molar-refractivity contribution in [3.05, 3.63) is 136 Å². The molecule has 1 atom stereocenters. The quantitative estimate of drug-likeness (QED) is 0.170. The fourth-order valence-electron chi connectivity index (χ4n) is 7.64. The monoisotopic (exact) mass is 738 g/mol. The Labute approximate surface area is 323 Å². The zero-order chi connectivity index (χ0) is 38.8. The van der Waals surface area contributed by atoms with E-state index in [1.807, 2.05) is 110 Å². The number of rotatable bonds is 9. The Morgan fingerprint density at radius 1 is 0.818 bits per heavy atom. The van der Waals surface area contributed by atoms with Crippen molar-refractivity contribution in [2.75, 3.05) is 51.0 Å². The van der Waals surface area contributed by atoms with Crippen LogP contribution >= 0.6 is 0 Å². The fraction of sp³-hybridized carbons (Fsp3) is 0.311. The summed E-state index contributed by atoms with van der Waals surface area (Å²) in [4.78, 5) is 49.8. The summed E-state index contributed by atoms with van der Waals surface area (Å²) in [7, 11) is 7.78. The summed E-state index contributed by atoms with van der Waals surface area (Å²) in [6.45, 7) is 6.97. The van der Waals surface area contributed by atoms with Crippen molar-refractivity contribution in [2.45, 2.75) is 45.8 Å². The van der Waals surface area contributed by atoms with Crippen LogP contribution in [0.2, 0.25) is 0 Å². The highest BCUT2D eigenvalue weighted by atomic mass is 16.6. The van der Waals surface area contributed by atoms with Gasteiger partial charge in [0.15, 0.2) is 0 Å². The number of ether oxygens (including phenoxy) is 1. The van der Waals surface area contributed by atoms with E-state index in [0.717, 1.165) is 64.5 Å². The molecule has 0 bridgehead atoms. The highest BCUT2D eigenvalue weighted by molar-refractivity contribution is 6.08. The minimum Gasteiger partial charge on any atom is -0.410 e. The molecule has 1 N–H and O–H groups in total. The lowest BCUT2D eigenvalue weighted by atomic mass is 9.90. The van der Waals surface area contributed by atoms with E-state index in [9.17, 15) is 14.4 Å². The van der Waals surface area contributed by atoms with Crippen molar-refractivity contribution in [1.82, 2.24) is 19.3 Å². The van der Waals surface area contributed by atoms with Gasteiger partial charge >= 0.3 is 6.09 Å². The highest BCUT2D eigenvalue weighted by Crippen LogP contribution is 2.36. The Morgan fingerprint density at radius 2 is 1.56 bits per heavy atom. The number of anilines is 2. The van der Waals surface area contributed by atoms with Gasteiger partial charge in [-0.2, -0.15) is 0 Å². The molecule has 3 heterocycles. The molecule has 1 aromatic heterocycles. The Morgan fingerprint density at radius 3 is 2.33 bits per heavy atom. The Balaban J connectivity index is 1.21. The molecule has 284 valence electrons. The predicted molar refractivity (Wildman–Crippen MR) is 218 cm³/mol. The molecule has 10 nitrogen and oxygen atoms in total. The third-order valence-corrected chi connectivity index (χ3v) is 11.0. The molecule has 0 aliphatic carbocycles. The molecular formula is C45H50N6O4. The molecular weight excluding hydrogens is 689 g/mol. The van der Waals surface area contributed by atoms with Crippen LogP contribution in [0.15, 0.2) is 97.1 Å². The van der Waals surface area contributed by atoms with Gasteiger partial charge in [-0.15, -0.1) is 0 Å². The number of nitrogens with zero attached hydrogens (tertiary/aromatic N) is 5. The van der Waals surface area contributed by atoms with Crippen molar-refractivity contribution >= 4 is 29.3 Å². The smallest absolute Gasteiger partial charge is 0.410 e. The number of aromatic nitrogens is 1. The van der Waals surface area contributed by atoms with Crippen LogP contribution in [0.3, 0.4) is 0 Å². The summed E-state index contributed by atoms with van der Waals surface area (Å²) in [5.41, 5.74) is 9.56. The van der Waals surface area contributed by atoms with Gasteiger partial charge in [-0.05, 0) is 106 Å². The lowest BCUT2D eigenvalue weighted by Gasteiger charge is -2.36. The first-order valence-corrected chi connectivity index (χ1v) is 19.0. The Hall–Kier alpha value is -5.87. The minimum atomic E-state index is -0.432. The van der Waals surface area contributed by atoms with Crippen LogP contribution in [-0.4, -0.2) is 84.0 Å². The Bertz CT molecular complexity index is 2230. The topological polar surface area (TPSA) is 90.4 Å². The van der Waals surface area contributed by atoms with E-state index in [-0.39, 0.29) is 17.9 Å². The average molecular weight is 739 g/mol. The van der Waals surface area contributed by atoms with Gasteiger partial charge in [0.2, 0.25) is 0 Å². The maximum Gasteiger partial charge on any atom is 0.415 e. The SMILES string of the molecule is Cc1c(C(=O)N(C)c2ccccc2)cc(-c2cc3c(cc2C(=O)N2Cc4ccccc4C[C@H]2C)CN(C(=O)Oc2cccc(NCCN(C)C)c2)CC3)n1C. The zero-order valence-corrected chi connectivity index (χ0v) is 32.6. The molecule has 10 heteroatoms. The number of hydrogen-bond donors (Lipinski definition) is 1. The number of nitrogens with one attached hydrogen (secondary N) is 1. The van der Waals surface area contributed by atoms with Crippen LogP contribution < -0.4 is 15.0 Å². The zero-order valence-electron chi connectivity index (χ0n) is 32.6. The van der Waals surface area contributed by atoms with Gasteiger partial charge in [-0.3, -0.25) is 9.59 Å². The van der Waals surface area contributed by atoms with Crippen molar-refractivity contribution in [3.8, 4) is 17.0 Å². The van der Waals surface area contributed by atoms with Crippen LogP contribution in [0.5, 0.6) is 5.75 Å². The summed E-state index contributed by atoms with van der Waals surface area (Å²) in [5.74, 6) is 0.270. The lowest BCUT2D eigenvalue weighted by Crippen LogP contribution is -2.43. The van der Waals surface area contributed by atoms with E-state index >= 15 is 0 Å². The van der Waals surface area contributed by atoms with Crippen molar-refractivity contribution in [3.63, 3.8) is 0 Å².